The summed E-state index contributed by atoms with van der Waals surface area (Å²) < 4.78 is 11.4. The van der Waals surface area contributed by atoms with E-state index < -0.39 is 0 Å². The second kappa shape index (κ2) is 5.61. The van der Waals surface area contributed by atoms with Crippen molar-refractivity contribution in [1.29, 1.82) is 0 Å². The average molecular weight is 341 g/mol. The summed E-state index contributed by atoms with van der Waals surface area (Å²) in [7, 11) is 0. The van der Waals surface area contributed by atoms with Gasteiger partial charge >= 0.3 is 0 Å². The van der Waals surface area contributed by atoms with E-state index in [9.17, 15) is 4.79 Å². The van der Waals surface area contributed by atoms with Crippen LogP contribution in [0.5, 0.6) is 11.5 Å². The summed E-state index contributed by atoms with van der Waals surface area (Å²) in [4.78, 5) is 14.6. The maximum absolute atomic E-state index is 12.7. The maximum Gasteiger partial charge on any atom is 0.254 e. The summed E-state index contributed by atoms with van der Waals surface area (Å²) in [6, 6.07) is 3.68. The van der Waals surface area contributed by atoms with Gasteiger partial charge in [-0.05, 0) is 47.3 Å². The van der Waals surface area contributed by atoms with E-state index in [1.807, 2.05) is 4.90 Å². The number of piperidine rings is 1. The number of hydrogen-bond donors (Lipinski definition) is 1. The molecule has 108 valence electrons. The van der Waals surface area contributed by atoms with Crippen molar-refractivity contribution < 1.29 is 14.3 Å². The number of ether oxygens (including phenoxy) is 2. The summed E-state index contributed by atoms with van der Waals surface area (Å²) in [5.74, 6) is 1.29. The highest BCUT2D eigenvalue weighted by atomic mass is 79.9. The van der Waals surface area contributed by atoms with Crippen LogP contribution in [0.25, 0.3) is 0 Å². The van der Waals surface area contributed by atoms with Crippen molar-refractivity contribution in [3.63, 3.8) is 0 Å². The van der Waals surface area contributed by atoms with Gasteiger partial charge in [-0.2, -0.15) is 0 Å². The van der Waals surface area contributed by atoms with Crippen molar-refractivity contribution in [2.75, 3.05) is 19.9 Å². The van der Waals surface area contributed by atoms with E-state index in [1.54, 1.807) is 12.1 Å². The number of fused-ring (bicyclic) bond motifs is 1. The molecule has 0 bridgehead atoms. The Labute approximate surface area is 126 Å². The predicted octanol–water partition coefficient (Wildman–Crippen LogP) is 2.13. The molecule has 1 atom stereocenters. The molecule has 2 aliphatic rings. The highest BCUT2D eigenvalue weighted by Crippen LogP contribution is 2.40. The first kappa shape index (κ1) is 13.7. The van der Waals surface area contributed by atoms with Crippen LogP contribution in [-0.4, -0.2) is 36.7 Å². The van der Waals surface area contributed by atoms with Gasteiger partial charge in [0.15, 0.2) is 11.5 Å². The molecule has 0 aliphatic carbocycles. The first-order valence-electron chi connectivity index (χ1n) is 6.81. The topological polar surface area (TPSA) is 64.8 Å². The highest BCUT2D eigenvalue weighted by Gasteiger charge is 2.28. The van der Waals surface area contributed by atoms with E-state index in [1.165, 1.54) is 0 Å². The van der Waals surface area contributed by atoms with Gasteiger partial charge in [-0.15, -0.1) is 0 Å². The Morgan fingerprint density at radius 3 is 3.05 bits per heavy atom. The molecule has 2 N–H and O–H groups in total. The number of rotatable bonds is 2. The second-order valence-corrected chi connectivity index (χ2v) is 5.93. The molecule has 1 saturated heterocycles. The molecule has 6 heteroatoms. The molecule has 1 amide bonds. The Balaban J connectivity index is 1.88. The van der Waals surface area contributed by atoms with E-state index >= 15 is 0 Å². The van der Waals surface area contributed by atoms with E-state index in [2.05, 4.69) is 15.9 Å². The van der Waals surface area contributed by atoms with Gasteiger partial charge < -0.3 is 20.1 Å². The molecule has 0 radical (unpaired) electrons. The van der Waals surface area contributed by atoms with Crippen LogP contribution in [0.2, 0.25) is 0 Å². The molecule has 3 rings (SSSR count). The van der Waals surface area contributed by atoms with Crippen molar-refractivity contribution >= 4 is 21.8 Å². The van der Waals surface area contributed by atoms with Gasteiger partial charge in [-0.25, -0.2) is 0 Å². The summed E-state index contributed by atoms with van der Waals surface area (Å²) in [6.45, 7) is 1.48. The lowest BCUT2D eigenvalue weighted by atomic mass is 10.0. The second-order valence-electron chi connectivity index (χ2n) is 5.08. The van der Waals surface area contributed by atoms with Crippen molar-refractivity contribution in [2.24, 2.45) is 5.73 Å². The Kier molecular flexibility index (Phi) is 3.85. The van der Waals surface area contributed by atoms with Crippen LogP contribution in [0.4, 0.5) is 0 Å². The normalized spacial score (nSPS) is 21.1. The molecule has 20 heavy (non-hydrogen) atoms. The van der Waals surface area contributed by atoms with Crippen LogP contribution in [0.15, 0.2) is 16.6 Å². The number of nitrogens with zero attached hydrogens (tertiary/aromatic N) is 1. The van der Waals surface area contributed by atoms with E-state index in [0.717, 1.165) is 30.3 Å². The lowest BCUT2D eigenvalue weighted by molar-refractivity contribution is 0.0623. The number of nitrogens with two attached hydrogens (primary N) is 1. The number of benzene rings is 1. The van der Waals surface area contributed by atoms with Crippen LogP contribution in [0, 0.1) is 0 Å². The first-order chi connectivity index (χ1) is 9.70. The SMILES string of the molecule is NCC1CCCCN1C(=O)c1cc(Br)c2c(c1)OCO2. The summed E-state index contributed by atoms with van der Waals surface area (Å²) in [5, 5.41) is 0. The summed E-state index contributed by atoms with van der Waals surface area (Å²) in [6.07, 6.45) is 3.15. The van der Waals surface area contributed by atoms with Gasteiger partial charge in [0.1, 0.15) is 0 Å². The first-order valence-corrected chi connectivity index (χ1v) is 7.60. The monoisotopic (exact) mass is 340 g/mol. The third kappa shape index (κ3) is 2.38. The lowest BCUT2D eigenvalue weighted by Gasteiger charge is -2.35. The quantitative estimate of drug-likeness (QED) is 0.895. The largest absolute Gasteiger partial charge is 0.454 e. The molecular formula is C14H17BrN2O3. The Morgan fingerprint density at radius 2 is 2.25 bits per heavy atom. The average Bonchev–Trinajstić information content (AvgIpc) is 2.95. The van der Waals surface area contributed by atoms with Crippen molar-refractivity contribution in [2.45, 2.75) is 25.3 Å². The number of carbonyl (C=O) groups excluding carboxylic acids is 1. The molecule has 1 unspecified atom stereocenters. The van der Waals surface area contributed by atoms with Gasteiger partial charge in [0.2, 0.25) is 6.79 Å². The molecule has 1 fully saturated rings. The lowest BCUT2D eigenvalue weighted by Crippen LogP contribution is -2.47. The van der Waals surface area contributed by atoms with Crippen molar-refractivity contribution in [1.82, 2.24) is 4.90 Å². The van der Waals surface area contributed by atoms with Crippen LogP contribution in [0.1, 0.15) is 29.6 Å². The molecule has 0 saturated carbocycles. The van der Waals surface area contributed by atoms with Crippen LogP contribution in [0.3, 0.4) is 0 Å². The van der Waals surface area contributed by atoms with Crippen LogP contribution < -0.4 is 15.2 Å². The van der Waals surface area contributed by atoms with E-state index in [0.29, 0.717) is 23.6 Å². The minimum Gasteiger partial charge on any atom is -0.454 e. The van der Waals surface area contributed by atoms with Gasteiger partial charge in [0.05, 0.1) is 4.47 Å². The summed E-state index contributed by atoms with van der Waals surface area (Å²) in [5.41, 5.74) is 6.39. The zero-order chi connectivity index (χ0) is 14.1. The minimum atomic E-state index is 0.0131. The number of likely N-dealkylation sites (tertiary alicyclic amines) is 1. The number of carbonyl (C=O) groups is 1. The van der Waals surface area contributed by atoms with E-state index in [-0.39, 0.29) is 18.7 Å². The molecule has 1 aromatic rings. The molecule has 0 aromatic heterocycles. The molecule has 0 spiro atoms. The zero-order valence-corrected chi connectivity index (χ0v) is 12.7. The fourth-order valence-corrected chi connectivity index (χ4v) is 3.33. The van der Waals surface area contributed by atoms with Gasteiger partial charge in [0.25, 0.3) is 5.91 Å². The maximum atomic E-state index is 12.7. The molecule has 5 nitrogen and oxygen atoms in total. The standard InChI is InChI=1S/C14H17BrN2O3/c15-11-5-9(6-12-13(11)20-8-19-12)14(18)17-4-2-1-3-10(17)7-16/h5-6,10H,1-4,7-8,16H2. The fraction of sp³-hybridized carbons (Fsp3) is 0.500. The van der Waals surface area contributed by atoms with Crippen molar-refractivity contribution in [3.05, 3.63) is 22.2 Å². The molecular weight excluding hydrogens is 324 g/mol. The Bertz CT molecular complexity index is 535. The number of amides is 1. The summed E-state index contributed by atoms with van der Waals surface area (Å²) >= 11 is 3.42. The number of hydrogen-bond acceptors (Lipinski definition) is 4. The smallest absolute Gasteiger partial charge is 0.254 e. The highest BCUT2D eigenvalue weighted by molar-refractivity contribution is 9.10. The molecule has 2 heterocycles. The van der Waals surface area contributed by atoms with E-state index in [4.69, 9.17) is 15.2 Å². The van der Waals surface area contributed by atoms with Crippen molar-refractivity contribution in [3.8, 4) is 11.5 Å². The fourth-order valence-electron chi connectivity index (χ4n) is 2.77. The predicted molar refractivity (Wildman–Crippen MR) is 78.0 cm³/mol. The zero-order valence-electron chi connectivity index (χ0n) is 11.1. The van der Waals surface area contributed by atoms with Gasteiger partial charge in [-0.1, -0.05) is 0 Å². The molecule has 1 aromatic carbocycles. The van der Waals surface area contributed by atoms with Crippen LogP contribution in [-0.2, 0) is 0 Å². The number of halogens is 1. The van der Waals surface area contributed by atoms with Gasteiger partial charge in [-0.3, -0.25) is 4.79 Å². The minimum absolute atomic E-state index is 0.0131. The third-order valence-electron chi connectivity index (χ3n) is 3.83. The molecule has 2 aliphatic heterocycles. The van der Waals surface area contributed by atoms with Crippen LogP contribution >= 0.6 is 15.9 Å². The Hall–Kier alpha value is -1.27. The van der Waals surface area contributed by atoms with Gasteiger partial charge in [0, 0.05) is 24.7 Å². The third-order valence-corrected chi connectivity index (χ3v) is 4.42. The Morgan fingerprint density at radius 1 is 1.40 bits per heavy atom.